The Bertz CT molecular complexity index is 656. The number of hydrogen-bond acceptors (Lipinski definition) is 6. The Morgan fingerprint density at radius 1 is 1.15 bits per heavy atom. The van der Waals surface area contributed by atoms with Gasteiger partial charge in [0.05, 0.1) is 25.7 Å². The molecule has 1 aliphatic heterocycles. The van der Waals surface area contributed by atoms with Crippen LogP contribution in [-0.2, 0) is 3.74 Å². The molecule has 20 heavy (non-hydrogen) atoms. The first kappa shape index (κ1) is 14.9. The molecule has 0 fully saturated rings. The van der Waals surface area contributed by atoms with E-state index < -0.39 is 21.0 Å². The number of halogens is 1. The van der Waals surface area contributed by atoms with E-state index in [9.17, 15) is 14.0 Å². The minimum absolute atomic E-state index is 0.0758. The van der Waals surface area contributed by atoms with Crippen molar-refractivity contribution in [3.05, 3.63) is 53.6 Å². The van der Waals surface area contributed by atoms with Crippen LogP contribution in [0.4, 0.5) is 0 Å². The maximum Gasteiger partial charge on any atom is 0.159 e. The van der Waals surface area contributed by atoms with Gasteiger partial charge in [0, 0.05) is 0 Å². The summed E-state index contributed by atoms with van der Waals surface area (Å²) in [6.07, 6.45) is 2.98. The molecular weight excluding hydrogens is 304 g/mol. The van der Waals surface area contributed by atoms with Crippen LogP contribution in [0.1, 0.15) is 5.56 Å². The number of nitriles is 1. The second-order valence-corrected chi connectivity index (χ2v) is 6.34. The SMILES string of the molecule is N#CC1=CC=C(c2ccccc2)S(O[Cl+3]([O-])([O-])[O-])=C1N. The van der Waals surface area contributed by atoms with Gasteiger partial charge >= 0.3 is 0 Å². The maximum atomic E-state index is 10.8. The molecule has 2 N–H and O–H groups in total. The summed E-state index contributed by atoms with van der Waals surface area (Å²) >= 11 is 0. The van der Waals surface area contributed by atoms with Gasteiger partial charge in [-0.05, 0) is 17.7 Å². The maximum absolute atomic E-state index is 10.8. The van der Waals surface area contributed by atoms with E-state index >= 15 is 0 Å². The lowest BCUT2D eigenvalue weighted by molar-refractivity contribution is -1.91. The normalized spacial score (nSPS) is 19.1. The standard InChI is InChI=1S/C12H9ClN2O4S/c14-8-10-6-7-11(9-4-2-1-3-5-9)20(12(10)15)19-13(16,17)18/h1-7H,15H2. The van der Waals surface area contributed by atoms with Crippen LogP contribution in [0, 0.1) is 21.6 Å². The lowest BCUT2D eigenvalue weighted by Crippen LogP contribution is -2.60. The van der Waals surface area contributed by atoms with E-state index in [1.54, 1.807) is 30.3 Å². The Morgan fingerprint density at radius 2 is 1.80 bits per heavy atom. The largest absolute Gasteiger partial charge is 0.294 e. The fourth-order valence-corrected chi connectivity index (χ4v) is 3.82. The Hall–Kier alpha value is -1.50. The molecule has 104 valence electrons. The van der Waals surface area contributed by atoms with Gasteiger partial charge in [0.2, 0.25) is 0 Å². The summed E-state index contributed by atoms with van der Waals surface area (Å²) < 4.78 is 36.9. The zero-order valence-corrected chi connectivity index (χ0v) is 11.6. The van der Waals surface area contributed by atoms with Crippen molar-refractivity contribution >= 4 is 20.7 Å². The average Bonchev–Trinajstić information content (AvgIpc) is 2.40. The van der Waals surface area contributed by atoms with Crippen LogP contribution >= 0.6 is 10.8 Å². The summed E-state index contributed by atoms with van der Waals surface area (Å²) in [4.78, 5) is 0.342. The minimum Gasteiger partial charge on any atom is -0.294 e. The Labute approximate surface area is 119 Å². The molecule has 0 aromatic heterocycles. The van der Waals surface area contributed by atoms with Crippen molar-refractivity contribution < 1.29 is 28.0 Å². The molecule has 0 amide bonds. The Balaban J connectivity index is 2.54. The highest BCUT2D eigenvalue weighted by Gasteiger charge is 2.30. The summed E-state index contributed by atoms with van der Waals surface area (Å²) in [6.45, 7) is 0. The molecule has 8 heteroatoms. The van der Waals surface area contributed by atoms with Crippen LogP contribution in [0.3, 0.4) is 0 Å². The van der Waals surface area contributed by atoms with Gasteiger partial charge in [0.25, 0.3) is 0 Å². The molecule has 1 aromatic carbocycles. The monoisotopic (exact) mass is 312 g/mol. The van der Waals surface area contributed by atoms with Gasteiger partial charge in [-0.15, -0.1) is 0 Å². The first-order chi connectivity index (χ1) is 9.42. The molecule has 1 atom stereocenters. The van der Waals surface area contributed by atoms with E-state index in [1.807, 2.05) is 6.07 Å². The highest BCUT2D eigenvalue weighted by molar-refractivity contribution is 8.20. The van der Waals surface area contributed by atoms with Gasteiger partial charge in [-0.1, -0.05) is 30.3 Å². The Morgan fingerprint density at radius 3 is 2.35 bits per heavy atom. The van der Waals surface area contributed by atoms with Crippen LogP contribution in [-0.4, -0.2) is 4.99 Å². The van der Waals surface area contributed by atoms with Crippen LogP contribution in [0.15, 0.2) is 48.1 Å². The van der Waals surface area contributed by atoms with E-state index in [2.05, 4.69) is 3.74 Å². The third-order valence-corrected chi connectivity index (χ3v) is 4.90. The van der Waals surface area contributed by atoms with Crippen molar-refractivity contribution in [3.63, 3.8) is 0 Å². The third kappa shape index (κ3) is 3.33. The van der Waals surface area contributed by atoms with E-state index in [0.717, 1.165) is 0 Å². The van der Waals surface area contributed by atoms with Crippen molar-refractivity contribution in [3.8, 4) is 6.07 Å². The van der Waals surface area contributed by atoms with Gasteiger partial charge < -0.3 is 0 Å². The molecule has 0 bridgehead atoms. The smallest absolute Gasteiger partial charge is 0.159 e. The molecular formula is C12H9ClN2O4S. The van der Waals surface area contributed by atoms with Gasteiger partial charge in [-0.25, -0.2) is 0 Å². The fourth-order valence-electron chi connectivity index (χ4n) is 1.56. The van der Waals surface area contributed by atoms with Gasteiger partial charge in [-0.3, -0.25) is 5.73 Å². The fraction of sp³-hybridized carbons (Fsp3) is 0. The van der Waals surface area contributed by atoms with E-state index in [-0.39, 0.29) is 10.6 Å². The van der Waals surface area contributed by atoms with Crippen LogP contribution < -0.4 is 19.7 Å². The van der Waals surface area contributed by atoms with Crippen molar-refractivity contribution in [2.45, 2.75) is 0 Å². The van der Waals surface area contributed by atoms with Crippen molar-refractivity contribution in [2.75, 3.05) is 0 Å². The molecule has 0 saturated heterocycles. The second-order valence-electron chi connectivity index (χ2n) is 3.66. The molecule has 1 aromatic rings. The molecule has 2 rings (SSSR count). The topological polar surface area (TPSA) is 128 Å². The third-order valence-electron chi connectivity index (χ3n) is 2.39. The zero-order valence-electron chi connectivity index (χ0n) is 9.99. The minimum atomic E-state index is -4.66. The van der Waals surface area contributed by atoms with Crippen molar-refractivity contribution in [1.82, 2.24) is 0 Å². The zero-order chi connectivity index (χ0) is 14.8. The van der Waals surface area contributed by atoms with E-state index in [0.29, 0.717) is 10.5 Å². The number of benzene rings is 1. The lowest BCUT2D eigenvalue weighted by atomic mass is 10.2. The van der Waals surface area contributed by atoms with Crippen LogP contribution in [0.25, 0.3) is 4.91 Å². The predicted octanol–water partition coefficient (Wildman–Crippen LogP) is -1.32. The van der Waals surface area contributed by atoms with Gasteiger partial charge in [-0.2, -0.15) is 19.2 Å². The van der Waals surface area contributed by atoms with Crippen LogP contribution in [0.2, 0.25) is 0 Å². The summed E-state index contributed by atoms with van der Waals surface area (Å²) in [5, 5.41) is 8.91. The second kappa shape index (κ2) is 5.87. The molecule has 1 unspecified atom stereocenters. The molecule has 6 nitrogen and oxygen atoms in total. The molecule has 0 aliphatic carbocycles. The molecule has 1 heterocycles. The van der Waals surface area contributed by atoms with Crippen LogP contribution in [0.5, 0.6) is 0 Å². The molecule has 0 spiro atoms. The summed E-state index contributed by atoms with van der Waals surface area (Å²) in [6, 6.07) is 10.6. The predicted molar refractivity (Wildman–Crippen MR) is 66.0 cm³/mol. The highest BCUT2D eigenvalue weighted by Crippen LogP contribution is 2.40. The first-order valence-electron chi connectivity index (χ1n) is 5.28. The average molecular weight is 313 g/mol. The summed E-state index contributed by atoms with van der Waals surface area (Å²) in [5.41, 5.74) is 6.47. The lowest BCUT2D eigenvalue weighted by Gasteiger charge is -2.18. The number of allylic oxidation sites excluding steroid dienone is 2. The summed E-state index contributed by atoms with van der Waals surface area (Å²) in [7, 11) is -6.28. The van der Waals surface area contributed by atoms with Gasteiger partial charge in [0.15, 0.2) is 10.8 Å². The van der Waals surface area contributed by atoms with E-state index in [4.69, 9.17) is 11.0 Å². The number of rotatable bonds is 3. The van der Waals surface area contributed by atoms with Crippen molar-refractivity contribution in [1.29, 1.82) is 5.26 Å². The number of nitrogens with zero attached hydrogens (tertiary/aromatic N) is 1. The number of hydrogen-bond donors (Lipinski definition) is 1. The van der Waals surface area contributed by atoms with Crippen molar-refractivity contribution in [2.24, 2.45) is 5.73 Å². The number of nitrogens with two attached hydrogens (primary N) is 1. The molecule has 0 saturated carbocycles. The Kier molecular flexibility index (Phi) is 4.37. The summed E-state index contributed by atoms with van der Waals surface area (Å²) in [5.74, 6) is 0. The quantitative estimate of drug-likeness (QED) is 0.689. The van der Waals surface area contributed by atoms with E-state index in [1.165, 1.54) is 12.2 Å². The molecule has 0 radical (unpaired) electrons. The first-order valence-corrected chi connectivity index (χ1v) is 7.66. The molecule has 1 aliphatic rings. The van der Waals surface area contributed by atoms with Gasteiger partial charge in [0.1, 0.15) is 9.80 Å². The highest BCUT2D eigenvalue weighted by atomic mass is 35.7.